The van der Waals surface area contributed by atoms with Crippen LogP contribution in [0.2, 0.25) is 0 Å². The van der Waals surface area contributed by atoms with Gasteiger partial charge in [-0.15, -0.1) is 0 Å². The fourth-order valence-electron chi connectivity index (χ4n) is 2.22. The Hall–Kier alpha value is -1.39. The van der Waals surface area contributed by atoms with Gasteiger partial charge in [-0.25, -0.2) is 0 Å². The van der Waals surface area contributed by atoms with Crippen LogP contribution in [0.5, 0.6) is 5.75 Å². The largest absolute Gasteiger partial charge is 0.490 e. The summed E-state index contributed by atoms with van der Waals surface area (Å²) >= 11 is 3.57. The van der Waals surface area contributed by atoms with Gasteiger partial charge in [-0.3, -0.25) is 4.98 Å². The number of hydrogen-bond acceptors (Lipinski definition) is 3. The van der Waals surface area contributed by atoms with E-state index >= 15 is 0 Å². The molecule has 3 rings (SSSR count). The Morgan fingerprint density at radius 1 is 1.30 bits per heavy atom. The zero-order valence-electron chi connectivity index (χ0n) is 11.3. The number of halogens is 1. The van der Waals surface area contributed by atoms with E-state index in [0.29, 0.717) is 6.10 Å². The molecule has 1 unspecified atom stereocenters. The Balaban J connectivity index is 1.90. The van der Waals surface area contributed by atoms with Crippen LogP contribution in [-0.4, -0.2) is 18.1 Å². The van der Waals surface area contributed by atoms with Crippen molar-refractivity contribution >= 4 is 15.9 Å². The van der Waals surface area contributed by atoms with Crippen LogP contribution >= 0.6 is 15.9 Å². The van der Waals surface area contributed by atoms with E-state index < -0.39 is 0 Å². The Morgan fingerprint density at radius 3 is 2.85 bits per heavy atom. The molecule has 3 nitrogen and oxygen atoms in total. The van der Waals surface area contributed by atoms with Gasteiger partial charge >= 0.3 is 0 Å². The monoisotopic (exact) mass is 332 g/mol. The van der Waals surface area contributed by atoms with Crippen molar-refractivity contribution < 1.29 is 4.74 Å². The maximum Gasteiger partial charge on any atom is 0.120 e. The summed E-state index contributed by atoms with van der Waals surface area (Å²) in [6.45, 7) is 0. The highest BCUT2D eigenvalue weighted by atomic mass is 79.9. The predicted molar refractivity (Wildman–Crippen MR) is 82.9 cm³/mol. The summed E-state index contributed by atoms with van der Waals surface area (Å²) < 4.78 is 6.87. The lowest BCUT2D eigenvalue weighted by Gasteiger charge is -2.18. The molecule has 0 radical (unpaired) electrons. The average molecular weight is 333 g/mol. The van der Waals surface area contributed by atoms with Crippen LogP contribution in [0.4, 0.5) is 0 Å². The van der Waals surface area contributed by atoms with Crippen LogP contribution in [0.3, 0.4) is 0 Å². The van der Waals surface area contributed by atoms with E-state index in [1.165, 1.54) is 12.8 Å². The van der Waals surface area contributed by atoms with Gasteiger partial charge in [0.15, 0.2) is 0 Å². The van der Waals surface area contributed by atoms with Crippen molar-refractivity contribution in [3.63, 3.8) is 0 Å². The minimum atomic E-state index is 0.0494. The van der Waals surface area contributed by atoms with Crippen molar-refractivity contribution in [2.45, 2.75) is 25.0 Å². The molecule has 1 aliphatic carbocycles. The normalized spacial score (nSPS) is 15.9. The fraction of sp³-hybridized carbons (Fsp3) is 0.312. The summed E-state index contributed by atoms with van der Waals surface area (Å²) in [4.78, 5) is 4.48. The van der Waals surface area contributed by atoms with Gasteiger partial charge in [0.1, 0.15) is 5.75 Å². The molecular weight excluding hydrogens is 316 g/mol. The lowest BCUT2D eigenvalue weighted by Crippen LogP contribution is -2.19. The van der Waals surface area contributed by atoms with Crippen molar-refractivity contribution in [1.29, 1.82) is 0 Å². The standard InChI is InChI=1S/C16H17BrN2O/c1-18-15(16-14(17)6-3-9-19-16)11-4-2-5-13(10-11)20-12-7-8-12/h2-6,9-10,12,15,18H,7-8H2,1H3. The van der Waals surface area contributed by atoms with Crippen molar-refractivity contribution in [1.82, 2.24) is 10.3 Å². The number of hydrogen-bond donors (Lipinski definition) is 1. The number of nitrogens with one attached hydrogen (secondary N) is 1. The molecule has 1 saturated carbocycles. The molecule has 4 heteroatoms. The van der Waals surface area contributed by atoms with Crippen molar-refractivity contribution in [2.24, 2.45) is 0 Å². The topological polar surface area (TPSA) is 34.1 Å². The number of rotatable bonds is 5. The Morgan fingerprint density at radius 2 is 2.15 bits per heavy atom. The van der Waals surface area contributed by atoms with Gasteiger partial charge in [0.25, 0.3) is 0 Å². The van der Waals surface area contributed by atoms with Gasteiger partial charge in [-0.2, -0.15) is 0 Å². The molecule has 1 atom stereocenters. The third kappa shape index (κ3) is 3.02. The maximum absolute atomic E-state index is 5.87. The van der Waals surface area contributed by atoms with Crippen LogP contribution in [0.15, 0.2) is 47.1 Å². The molecule has 0 saturated heterocycles. The number of aromatic nitrogens is 1. The minimum Gasteiger partial charge on any atom is -0.490 e. The third-order valence-corrected chi connectivity index (χ3v) is 4.04. The molecule has 1 aromatic heterocycles. The van der Waals surface area contributed by atoms with Crippen molar-refractivity contribution in [3.8, 4) is 5.75 Å². The van der Waals surface area contributed by atoms with E-state index in [-0.39, 0.29) is 6.04 Å². The van der Waals surface area contributed by atoms with Gasteiger partial charge in [-0.05, 0) is 65.6 Å². The number of pyridine rings is 1. The molecular formula is C16H17BrN2O. The lowest BCUT2D eigenvalue weighted by atomic mass is 10.0. The summed E-state index contributed by atoms with van der Waals surface area (Å²) in [5, 5.41) is 3.32. The molecule has 1 fully saturated rings. The second kappa shape index (κ2) is 5.94. The van der Waals surface area contributed by atoms with Gasteiger partial charge in [0.2, 0.25) is 0 Å². The molecule has 1 heterocycles. The van der Waals surface area contributed by atoms with E-state index in [1.807, 2.05) is 37.5 Å². The molecule has 0 spiro atoms. The van der Waals surface area contributed by atoms with Crippen LogP contribution in [0, 0.1) is 0 Å². The van der Waals surface area contributed by atoms with E-state index in [0.717, 1.165) is 21.5 Å². The second-order valence-electron chi connectivity index (χ2n) is 4.98. The average Bonchev–Trinajstić information content (AvgIpc) is 3.26. The summed E-state index contributed by atoms with van der Waals surface area (Å²) in [6, 6.07) is 12.2. The van der Waals surface area contributed by atoms with Gasteiger partial charge in [0.05, 0.1) is 17.8 Å². The lowest BCUT2D eigenvalue weighted by molar-refractivity contribution is 0.302. The second-order valence-corrected chi connectivity index (χ2v) is 5.84. The summed E-state index contributed by atoms with van der Waals surface area (Å²) in [7, 11) is 1.94. The Kier molecular flexibility index (Phi) is 4.03. The summed E-state index contributed by atoms with van der Waals surface area (Å²) in [5.41, 5.74) is 2.14. The first-order valence-corrected chi connectivity index (χ1v) is 7.61. The smallest absolute Gasteiger partial charge is 0.120 e. The van der Waals surface area contributed by atoms with Crippen LogP contribution < -0.4 is 10.1 Å². The van der Waals surface area contributed by atoms with Crippen molar-refractivity contribution in [2.75, 3.05) is 7.05 Å². The van der Waals surface area contributed by atoms with E-state index in [4.69, 9.17) is 4.74 Å². The highest BCUT2D eigenvalue weighted by molar-refractivity contribution is 9.10. The molecule has 2 aromatic rings. The molecule has 104 valence electrons. The van der Waals surface area contributed by atoms with Gasteiger partial charge in [-0.1, -0.05) is 12.1 Å². The molecule has 20 heavy (non-hydrogen) atoms. The molecule has 0 amide bonds. The quantitative estimate of drug-likeness (QED) is 0.906. The number of benzene rings is 1. The first-order chi connectivity index (χ1) is 9.78. The zero-order chi connectivity index (χ0) is 13.9. The van der Waals surface area contributed by atoms with Crippen molar-refractivity contribution in [3.05, 3.63) is 58.3 Å². The third-order valence-electron chi connectivity index (χ3n) is 3.37. The zero-order valence-corrected chi connectivity index (χ0v) is 12.9. The predicted octanol–water partition coefficient (Wildman–Crippen LogP) is 3.69. The van der Waals surface area contributed by atoms with Crippen LogP contribution in [-0.2, 0) is 0 Å². The molecule has 1 N–H and O–H groups in total. The summed E-state index contributed by atoms with van der Waals surface area (Å²) in [5.74, 6) is 0.942. The van der Waals surface area contributed by atoms with E-state index in [9.17, 15) is 0 Å². The molecule has 1 aromatic carbocycles. The molecule has 0 aliphatic heterocycles. The maximum atomic E-state index is 5.87. The highest BCUT2D eigenvalue weighted by Gasteiger charge is 2.24. The summed E-state index contributed by atoms with van der Waals surface area (Å²) in [6.07, 6.45) is 4.58. The fourth-order valence-corrected chi connectivity index (χ4v) is 2.70. The number of nitrogens with zero attached hydrogens (tertiary/aromatic N) is 1. The molecule has 1 aliphatic rings. The SMILES string of the molecule is CNC(c1cccc(OC2CC2)c1)c1ncccc1Br. The van der Waals surface area contributed by atoms with Gasteiger partial charge in [0, 0.05) is 10.7 Å². The minimum absolute atomic E-state index is 0.0494. The first-order valence-electron chi connectivity index (χ1n) is 6.82. The van der Waals surface area contributed by atoms with Crippen LogP contribution in [0.25, 0.3) is 0 Å². The molecule has 0 bridgehead atoms. The Labute approximate surface area is 127 Å². The Bertz CT molecular complexity index is 599. The first kappa shape index (κ1) is 13.6. The van der Waals surface area contributed by atoms with E-state index in [2.05, 4.69) is 38.4 Å². The number of ether oxygens (including phenoxy) is 1. The van der Waals surface area contributed by atoms with Gasteiger partial charge < -0.3 is 10.1 Å². The highest BCUT2D eigenvalue weighted by Crippen LogP contribution is 2.31. The van der Waals surface area contributed by atoms with E-state index in [1.54, 1.807) is 0 Å². The van der Waals surface area contributed by atoms with Crippen LogP contribution in [0.1, 0.15) is 30.1 Å².